The summed E-state index contributed by atoms with van der Waals surface area (Å²) in [5.41, 5.74) is -0.537. The molecular weight excluding hydrogens is 252 g/mol. The number of hydrogen-bond donors (Lipinski definition) is 0. The SMILES string of the molecule is CC1(C)[C@H](/C=C(\Cl)C(F)(F)F)[C@@H]1C(=O)Cl. The third-order valence-corrected chi connectivity index (χ3v) is 3.33. The lowest BCUT2D eigenvalue weighted by Crippen LogP contribution is -2.07. The van der Waals surface area contributed by atoms with Gasteiger partial charge in [0.05, 0.1) is 0 Å². The minimum absolute atomic E-state index is 0.531. The lowest BCUT2D eigenvalue weighted by atomic mass is 10.1. The molecule has 0 aromatic heterocycles. The summed E-state index contributed by atoms with van der Waals surface area (Å²) in [4.78, 5) is 10.9. The van der Waals surface area contributed by atoms with E-state index in [2.05, 4.69) is 0 Å². The molecule has 0 aromatic rings. The van der Waals surface area contributed by atoms with Gasteiger partial charge < -0.3 is 0 Å². The van der Waals surface area contributed by atoms with Gasteiger partial charge in [-0.2, -0.15) is 13.2 Å². The first-order chi connectivity index (χ1) is 6.58. The second-order valence-electron chi connectivity index (χ2n) is 4.14. The number of rotatable bonds is 2. The number of hydrogen-bond acceptors (Lipinski definition) is 1. The van der Waals surface area contributed by atoms with Crippen molar-refractivity contribution >= 4 is 28.4 Å². The fourth-order valence-electron chi connectivity index (χ4n) is 1.67. The van der Waals surface area contributed by atoms with Gasteiger partial charge in [-0.15, -0.1) is 0 Å². The van der Waals surface area contributed by atoms with Crippen LogP contribution in [0.15, 0.2) is 11.1 Å². The van der Waals surface area contributed by atoms with E-state index in [0.717, 1.165) is 6.08 Å². The molecule has 86 valence electrons. The van der Waals surface area contributed by atoms with E-state index in [9.17, 15) is 18.0 Å². The predicted molar refractivity (Wildman–Crippen MR) is 51.6 cm³/mol. The van der Waals surface area contributed by atoms with E-state index in [-0.39, 0.29) is 0 Å². The largest absolute Gasteiger partial charge is 0.426 e. The summed E-state index contributed by atoms with van der Waals surface area (Å²) >= 11 is 10.3. The zero-order valence-electron chi connectivity index (χ0n) is 8.03. The smallest absolute Gasteiger partial charge is 0.281 e. The number of allylic oxidation sites excluding steroid dienone is 2. The van der Waals surface area contributed by atoms with E-state index in [1.807, 2.05) is 0 Å². The number of carbonyl (C=O) groups excluding carboxylic acids is 1. The molecule has 15 heavy (non-hydrogen) atoms. The van der Waals surface area contributed by atoms with Gasteiger partial charge in [0.2, 0.25) is 5.24 Å². The van der Waals surface area contributed by atoms with Crippen LogP contribution in [0.3, 0.4) is 0 Å². The van der Waals surface area contributed by atoms with E-state index in [4.69, 9.17) is 23.2 Å². The molecule has 1 aliphatic rings. The lowest BCUT2D eigenvalue weighted by Gasteiger charge is -2.04. The van der Waals surface area contributed by atoms with Crippen LogP contribution in [0.2, 0.25) is 0 Å². The number of carbonyl (C=O) groups is 1. The molecule has 2 atom stereocenters. The Kier molecular flexibility index (Phi) is 3.14. The standard InChI is InChI=1S/C9H9Cl2F3O/c1-8(2)4(6(8)7(11)15)3-5(10)9(12,13)14/h3-4,6H,1-2H3/b5-3-/t4-,6-/m1/s1. The topological polar surface area (TPSA) is 17.1 Å². The fourth-order valence-corrected chi connectivity index (χ4v) is 2.23. The molecule has 0 amide bonds. The fraction of sp³-hybridized carbons (Fsp3) is 0.667. The maximum atomic E-state index is 12.1. The van der Waals surface area contributed by atoms with Crippen molar-refractivity contribution in [3.63, 3.8) is 0 Å². The third-order valence-electron chi connectivity index (χ3n) is 2.75. The van der Waals surface area contributed by atoms with Gasteiger partial charge in [-0.3, -0.25) is 4.79 Å². The van der Waals surface area contributed by atoms with Gasteiger partial charge in [0.1, 0.15) is 5.03 Å². The van der Waals surface area contributed by atoms with Gasteiger partial charge >= 0.3 is 6.18 Å². The minimum atomic E-state index is -4.56. The average Bonchev–Trinajstić information content (AvgIpc) is 2.50. The second kappa shape index (κ2) is 3.67. The first kappa shape index (κ1) is 12.8. The first-order valence-corrected chi connectivity index (χ1v) is 4.98. The van der Waals surface area contributed by atoms with Crippen molar-refractivity contribution in [2.45, 2.75) is 20.0 Å². The second-order valence-corrected chi connectivity index (χ2v) is 4.92. The van der Waals surface area contributed by atoms with E-state index in [0.29, 0.717) is 0 Å². The molecule has 0 aromatic carbocycles. The monoisotopic (exact) mass is 260 g/mol. The summed E-state index contributed by atoms with van der Waals surface area (Å²) in [6, 6.07) is 0. The lowest BCUT2D eigenvalue weighted by molar-refractivity contribution is -0.113. The Morgan fingerprint density at radius 3 is 2.07 bits per heavy atom. The molecule has 6 heteroatoms. The Hall–Kier alpha value is -0.220. The molecule has 1 aliphatic carbocycles. The summed E-state index contributed by atoms with van der Waals surface area (Å²) in [5.74, 6) is -1.10. The summed E-state index contributed by atoms with van der Waals surface area (Å²) < 4.78 is 36.3. The minimum Gasteiger partial charge on any atom is -0.281 e. The Balaban J connectivity index is 2.83. The van der Waals surface area contributed by atoms with Gasteiger partial charge in [0, 0.05) is 5.92 Å². The number of alkyl halides is 3. The van der Waals surface area contributed by atoms with Crippen LogP contribution >= 0.6 is 23.2 Å². The van der Waals surface area contributed by atoms with E-state index in [1.54, 1.807) is 13.8 Å². The normalized spacial score (nSPS) is 30.2. The van der Waals surface area contributed by atoms with Gasteiger partial charge in [0.25, 0.3) is 0 Å². The molecule has 1 saturated carbocycles. The quantitative estimate of drug-likeness (QED) is 0.692. The summed E-state index contributed by atoms with van der Waals surface area (Å²) in [6.07, 6.45) is -3.69. The highest BCUT2D eigenvalue weighted by Gasteiger charge is 2.60. The highest BCUT2D eigenvalue weighted by molar-refractivity contribution is 6.64. The predicted octanol–water partition coefficient (Wildman–Crippen LogP) is 3.71. The molecule has 1 nitrogen and oxygen atoms in total. The molecule has 0 saturated heterocycles. The van der Waals surface area contributed by atoms with Crippen LogP contribution in [0.4, 0.5) is 13.2 Å². The number of halogens is 5. The molecule has 0 bridgehead atoms. The van der Waals surface area contributed by atoms with Crippen LogP contribution < -0.4 is 0 Å². The van der Waals surface area contributed by atoms with Crippen molar-refractivity contribution in [1.82, 2.24) is 0 Å². The Labute approximate surface area is 95.2 Å². The molecule has 0 heterocycles. The van der Waals surface area contributed by atoms with Crippen LogP contribution in [0.1, 0.15) is 13.8 Å². The van der Waals surface area contributed by atoms with Crippen molar-refractivity contribution in [3.8, 4) is 0 Å². The van der Waals surface area contributed by atoms with Crippen molar-refractivity contribution in [1.29, 1.82) is 0 Å². The van der Waals surface area contributed by atoms with Gasteiger partial charge in [-0.05, 0) is 22.9 Å². The maximum absolute atomic E-state index is 12.1. The molecule has 0 N–H and O–H groups in total. The van der Waals surface area contributed by atoms with Crippen LogP contribution in [-0.2, 0) is 4.79 Å². The van der Waals surface area contributed by atoms with Gasteiger partial charge in [-0.1, -0.05) is 31.5 Å². The van der Waals surface area contributed by atoms with Crippen molar-refractivity contribution in [2.24, 2.45) is 17.3 Å². The Morgan fingerprint density at radius 1 is 1.33 bits per heavy atom. The average molecular weight is 261 g/mol. The third kappa shape index (κ3) is 2.48. The molecular formula is C9H9Cl2F3O. The van der Waals surface area contributed by atoms with E-state index in [1.165, 1.54) is 0 Å². The molecule has 0 unspecified atom stereocenters. The molecule has 1 rings (SSSR count). The Morgan fingerprint density at radius 2 is 1.80 bits per heavy atom. The van der Waals surface area contributed by atoms with Crippen molar-refractivity contribution in [3.05, 3.63) is 11.1 Å². The van der Waals surface area contributed by atoms with Gasteiger partial charge in [0.15, 0.2) is 0 Å². The van der Waals surface area contributed by atoms with Crippen LogP contribution in [0.25, 0.3) is 0 Å². The zero-order valence-corrected chi connectivity index (χ0v) is 9.54. The van der Waals surface area contributed by atoms with E-state index < -0.39 is 33.7 Å². The highest BCUT2D eigenvalue weighted by Crippen LogP contribution is 2.60. The van der Waals surface area contributed by atoms with E-state index >= 15 is 0 Å². The summed E-state index contributed by atoms with van der Waals surface area (Å²) in [6.45, 7) is 3.36. The summed E-state index contributed by atoms with van der Waals surface area (Å²) in [5, 5.41) is -1.81. The molecule has 0 spiro atoms. The zero-order chi connectivity index (χ0) is 12.0. The van der Waals surface area contributed by atoms with Gasteiger partial charge in [-0.25, -0.2) is 0 Å². The van der Waals surface area contributed by atoms with Crippen molar-refractivity contribution < 1.29 is 18.0 Å². The van der Waals surface area contributed by atoms with Crippen LogP contribution in [-0.4, -0.2) is 11.4 Å². The summed E-state index contributed by atoms with van der Waals surface area (Å²) in [7, 11) is 0. The molecule has 0 radical (unpaired) electrons. The molecule has 1 fully saturated rings. The Bertz CT molecular complexity index is 320. The van der Waals surface area contributed by atoms with Crippen molar-refractivity contribution in [2.75, 3.05) is 0 Å². The first-order valence-electron chi connectivity index (χ1n) is 4.22. The maximum Gasteiger partial charge on any atom is 0.426 e. The van der Waals surface area contributed by atoms with Crippen LogP contribution in [0.5, 0.6) is 0 Å². The van der Waals surface area contributed by atoms with Crippen LogP contribution in [0, 0.1) is 17.3 Å². The highest BCUT2D eigenvalue weighted by atomic mass is 35.5. The molecule has 0 aliphatic heterocycles.